The smallest absolute Gasteiger partial charge is 0.156 e. The zero-order chi connectivity index (χ0) is 7.82. The van der Waals surface area contributed by atoms with Crippen LogP contribution in [0.3, 0.4) is 0 Å². The van der Waals surface area contributed by atoms with Gasteiger partial charge in [-0.05, 0) is 24.4 Å². The molecule has 0 aliphatic rings. The summed E-state index contributed by atoms with van der Waals surface area (Å²) in [6.45, 7) is 2.19. The second kappa shape index (κ2) is 7.56. The molecule has 0 aromatic rings. The first kappa shape index (κ1) is 10.5. The highest BCUT2D eigenvalue weighted by molar-refractivity contribution is 8.22. The zero-order valence-corrected chi connectivity index (χ0v) is 9.35. The predicted molar refractivity (Wildman–Crippen MR) is 55.9 cm³/mol. The van der Waals surface area contributed by atoms with Gasteiger partial charge < -0.3 is 5.11 Å². The van der Waals surface area contributed by atoms with Crippen molar-refractivity contribution in [1.82, 2.24) is 0 Å². The van der Waals surface area contributed by atoms with Crippen LogP contribution in [0, 0.1) is 0 Å². The fraction of sp³-hybridized carbons (Fsp3) is 0.833. The summed E-state index contributed by atoms with van der Waals surface area (Å²) in [7, 11) is 0.114. The van der Waals surface area contributed by atoms with E-state index in [4.69, 9.17) is 5.11 Å². The largest absolute Gasteiger partial charge is 0.502 e. The molecule has 0 aromatic heterocycles. The summed E-state index contributed by atoms with van der Waals surface area (Å²) in [6.07, 6.45) is 1.82. The lowest BCUT2D eigenvalue weighted by Gasteiger charge is -1.96. The van der Waals surface area contributed by atoms with E-state index in [-0.39, 0.29) is 13.7 Å². The molecular weight excluding hydrogens is 180 g/mol. The van der Waals surface area contributed by atoms with E-state index in [1.54, 1.807) is 0 Å². The Bertz CT molecular complexity index is 97.7. The van der Waals surface area contributed by atoms with Crippen molar-refractivity contribution in [3.8, 4) is 0 Å². The Balaban J connectivity index is 2.84. The summed E-state index contributed by atoms with van der Waals surface area (Å²) in [6, 6.07) is 1.30. The molecule has 60 valence electrons. The Kier molecular flexibility index (Phi) is 7.91. The van der Waals surface area contributed by atoms with Gasteiger partial charge in [-0.15, -0.1) is 0 Å². The summed E-state index contributed by atoms with van der Waals surface area (Å²) >= 11 is 6.61. The SMILES string of the molecule is CCS[SiH2]CCCC(O)=S. The number of aliphatic hydroxyl groups excluding tert-OH is 1. The van der Waals surface area contributed by atoms with Crippen molar-refractivity contribution in [2.75, 3.05) is 5.75 Å². The molecule has 0 atom stereocenters. The fourth-order valence-corrected chi connectivity index (χ4v) is 3.81. The molecule has 1 N–H and O–H groups in total. The summed E-state index contributed by atoms with van der Waals surface area (Å²) in [5.41, 5.74) is 0. The van der Waals surface area contributed by atoms with Gasteiger partial charge in [-0.3, -0.25) is 0 Å². The van der Waals surface area contributed by atoms with Crippen molar-refractivity contribution in [3.05, 3.63) is 0 Å². The molecule has 0 saturated carbocycles. The molecule has 0 unspecified atom stereocenters. The lowest BCUT2D eigenvalue weighted by Crippen LogP contribution is -1.92. The van der Waals surface area contributed by atoms with Gasteiger partial charge in [0.2, 0.25) is 0 Å². The summed E-state index contributed by atoms with van der Waals surface area (Å²) < 4.78 is 0. The Labute approximate surface area is 74.1 Å². The van der Waals surface area contributed by atoms with Gasteiger partial charge in [0, 0.05) is 6.42 Å². The monoisotopic (exact) mass is 194 g/mol. The van der Waals surface area contributed by atoms with Crippen LogP contribution in [-0.2, 0) is 0 Å². The first-order chi connectivity index (χ1) is 4.77. The van der Waals surface area contributed by atoms with Crippen molar-refractivity contribution in [2.24, 2.45) is 0 Å². The lowest BCUT2D eigenvalue weighted by molar-refractivity contribution is 0.546. The summed E-state index contributed by atoms with van der Waals surface area (Å²) in [5.74, 6) is 1.25. The Morgan fingerprint density at radius 3 is 2.90 bits per heavy atom. The van der Waals surface area contributed by atoms with Gasteiger partial charge in [0.25, 0.3) is 0 Å². The quantitative estimate of drug-likeness (QED) is 0.396. The molecular formula is C6H14OS2Si. The Morgan fingerprint density at radius 1 is 1.70 bits per heavy atom. The molecule has 0 aliphatic heterocycles. The molecule has 4 heteroatoms. The maximum absolute atomic E-state index is 8.65. The van der Waals surface area contributed by atoms with Crippen LogP contribution >= 0.6 is 23.4 Å². The van der Waals surface area contributed by atoms with Crippen molar-refractivity contribution in [1.29, 1.82) is 0 Å². The van der Waals surface area contributed by atoms with Gasteiger partial charge in [-0.1, -0.05) is 13.0 Å². The van der Waals surface area contributed by atoms with E-state index in [1.807, 2.05) is 0 Å². The number of hydrogen-bond acceptors (Lipinski definition) is 2. The average molecular weight is 194 g/mol. The standard InChI is InChI=1S/C6H14OS2Si/c1-2-9-10-5-3-4-6(7)8/h2-5,10H2,1H3,(H,7,8). The molecule has 0 heterocycles. The predicted octanol–water partition coefficient (Wildman–Crippen LogP) is 1.91. The van der Waals surface area contributed by atoms with E-state index in [2.05, 4.69) is 30.4 Å². The van der Waals surface area contributed by atoms with Gasteiger partial charge >= 0.3 is 0 Å². The Morgan fingerprint density at radius 2 is 2.40 bits per heavy atom. The van der Waals surface area contributed by atoms with Gasteiger partial charge in [0.05, 0.1) is 8.67 Å². The molecule has 0 fully saturated rings. The van der Waals surface area contributed by atoms with E-state index in [0.29, 0.717) is 0 Å². The molecule has 0 aromatic carbocycles. The summed E-state index contributed by atoms with van der Waals surface area (Å²) in [4.78, 5) is 0. The van der Waals surface area contributed by atoms with Crippen molar-refractivity contribution in [3.63, 3.8) is 0 Å². The fourth-order valence-electron chi connectivity index (χ4n) is 0.625. The minimum atomic E-state index is 0.114. The van der Waals surface area contributed by atoms with Crippen LogP contribution in [-0.4, -0.2) is 24.6 Å². The zero-order valence-electron chi connectivity index (χ0n) is 6.30. The Hall–Kier alpha value is 0.457. The molecule has 1 nitrogen and oxygen atoms in total. The van der Waals surface area contributed by atoms with Crippen LogP contribution in [0.4, 0.5) is 0 Å². The molecule has 0 bridgehead atoms. The number of thiocarbonyl (C=S) groups is 1. The molecule has 0 radical (unpaired) electrons. The third-order valence-electron chi connectivity index (χ3n) is 1.13. The topological polar surface area (TPSA) is 20.2 Å². The van der Waals surface area contributed by atoms with E-state index >= 15 is 0 Å². The van der Waals surface area contributed by atoms with Crippen molar-refractivity contribution < 1.29 is 5.11 Å². The first-order valence-corrected chi connectivity index (χ1v) is 7.86. The van der Waals surface area contributed by atoms with Gasteiger partial charge in [0.1, 0.15) is 0 Å². The molecule has 0 saturated heterocycles. The van der Waals surface area contributed by atoms with Gasteiger partial charge in [-0.25, -0.2) is 0 Å². The van der Waals surface area contributed by atoms with Crippen LogP contribution in [0.2, 0.25) is 6.04 Å². The normalized spacial score (nSPS) is 10.9. The minimum absolute atomic E-state index is 0.114. The maximum Gasteiger partial charge on any atom is 0.156 e. The van der Waals surface area contributed by atoms with Crippen LogP contribution in [0.15, 0.2) is 0 Å². The average Bonchev–Trinajstić information content (AvgIpc) is 1.87. The van der Waals surface area contributed by atoms with Crippen LogP contribution in [0.1, 0.15) is 19.8 Å². The third kappa shape index (κ3) is 8.46. The van der Waals surface area contributed by atoms with Crippen LogP contribution in [0.25, 0.3) is 0 Å². The first-order valence-electron chi connectivity index (χ1n) is 3.57. The van der Waals surface area contributed by atoms with E-state index in [9.17, 15) is 0 Å². The van der Waals surface area contributed by atoms with Crippen molar-refractivity contribution in [2.45, 2.75) is 25.8 Å². The van der Waals surface area contributed by atoms with Gasteiger partial charge in [0.15, 0.2) is 5.05 Å². The molecule has 0 amide bonds. The molecule has 0 aliphatic carbocycles. The minimum Gasteiger partial charge on any atom is -0.502 e. The van der Waals surface area contributed by atoms with E-state index < -0.39 is 0 Å². The third-order valence-corrected chi connectivity index (χ3v) is 5.78. The second-order valence-electron chi connectivity index (χ2n) is 2.05. The van der Waals surface area contributed by atoms with E-state index in [1.165, 1.54) is 11.8 Å². The maximum atomic E-state index is 8.65. The highest BCUT2D eigenvalue weighted by Crippen LogP contribution is 2.03. The lowest BCUT2D eigenvalue weighted by atomic mass is 10.4. The highest BCUT2D eigenvalue weighted by Gasteiger charge is 1.92. The van der Waals surface area contributed by atoms with Crippen LogP contribution < -0.4 is 0 Å². The van der Waals surface area contributed by atoms with Crippen LogP contribution in [0.5, 0.6) is 0 Å². The molecule has 0 rings (SSSR count). The number of rotatable bonds is 6. The number of aliphatic hydroxyl groups is 1. The highest BCUT2D eigenvalue weighted by atomic mass is 32.4. The van der Waals surface area contributed by atoms with E-state index in [0.717, 1.165) is 12.8 Å². The van der Waals surface area contributed by atoms with Crippen molar-refractivity contribution >= 4 is 37.1 Å². The molecule has 10 heavy (non-hydrogen) atoms. The molecule has 0 spiro atoms. The number of hydrogen-bond donors (Lipinski definition) is 1. The summed E-state index contributed by atoms with van der Waals surface area (Å²) in [5, 5.41) is 8.83. The van der Waals surface area contributed by atoms with Gasteiger partial charge in [-0.2, -0.15) is 11.2 Å². The second-order valence-corrected chi connectivity index (χ2v) is 7.07.